The molecule has 1 saturated heterocycles. The van der Waals surface area contributed by atoms with E-state index in [1.165, 1.54) is 4.31 Å². The number of carbonyl (C=O) groups excluding carboxylic acids is 1. The molecule has 0 aromatic rings. The Balaban J connectivity index is 2.42. The van der Waals surface area contributed by atoms with Crippen LogP contribution in [0.25, 0.3) is 0 Å². The number of sulfonamides is 1. The SMILES string of the molecule is CC(C)(C)NC(=O)CCN1CCCCS1(=O)=O. The summed E-state index contributed by atoms with van der Waals surface area (Å²) in [5, 5.41) is 2.83. The van der Waals surface area contributed by atoms with E-state index >= 15 is 0 Å². The van der Waals surface area contributed by atoms with Crippen molar-refractivity contribution in [2.75, 3.05) is 18.8 Å². The lowest BCUT2D eigenvalue weighted by atomic mass is 10.1. The second-order valence-corrected chi connectivity index (χ2v) is 7.56. The molecule has 1 aliphatic heterocycles. The molecule has 0 saturated carbocycles. The molecule has 1 aliphatic rings. The average Bonchev–Trinajstić information content (AvgIpc) is 2.12. The molecule has 1 heterocycles. The first-order chi connectivity index (χ1) is 7.71. The summed E-state index contributed by atoms with van der Waals surface area (Å²) in [6, 6.07) is 0. The summed E-state index contributed by atoms with van der Waals surface area (Å²) in [6.07, 6.45) is 1.85. The summed E-state index contributed by atoms with van der Waals surface area (Å²) < 4.78 is 24.8. The normalized spacial score (nSPS) is 21.1. The van der Waals surface area contributed by atoms with Gasteiger partial charge in [0.05, 0.1) is 5.75 Å². The van der Waals surface area contributed by atoms with Gasteiger partial charge in [-0.2, -0.15) is 0 Å². The van der Waals surface area contributed by atoms with Crippen molar-refractivity contribution in [2.45, 2.75) is 45.6 Å². The summed E-state index contributed by atoms with van der Waals surface area (Å²) in [4.78, 5) is 11.6. The standard InChI is InChI=1S/C11H22N2O3S/c1-11(2,3)12-10(14)6-8-13-7-4-5-9-17(13,15)16/h4-9H2,1-3H3,(H,12,14). The van der Waals surface area contributed by atoms with E-state index in [1.807, 2.05) is 20.8 Å². The first-order valence-corrected chi connectivity index (χ1v) is 7.60. The van der Waals surface area contributed by atoms with Crippen molar-refractivity contribution < 1.29 is 13.2 Å². The molecule has 1 amide bonds. The lowest BCUT2D eigenvalue weighted by molar-refractivity contribution is -0.122. The number of hydrogen-bond acceptors (Lipinski definition) is 3. The summed E-state index contributed by atoms with van der Waals surface area (Å²) in [7, 11) is -3.11. The van der Waals surface area contributed by atoms with Gasteiger partial charge in [-0.15, -0.1) is 0 Å². The third kappa shape index (κ3) is 5.04. The van der Waals surface area contributed by atoms with Crippen molar-refractivity contribution in [3.8, 4) is 0 Å². The molecule has 1 rings (SSSR count). The Kier molecular flexibility index (Phi) is 4.55. The monoisotopic (exact) mass is 262 g/mol. The molecular formula is C11H22N2O3S. The van der Waals surface area contributed by atoms with Crippen LogP contribution in [0, 0.1) is 0 Å². The van der Waals surface area contributed by atoms with Crippen LogP contribution in [0.5, 0.6) is 0 Å². The second-order valence-electron chi connectivity index (χ2n) is 5.47. The quantitative estimate of drug-likeness (QED) is 0.815. The molecule has 1 fully saturated rings. The van der Waals surface area contributed by atoms with Gasteiger partial charge in [-0.3, -0.25) is 4.79 Å². The van der Waals surface area contributed by atoms with Gasteiger partial charge in [0.1, 0.15) is 0 Å². The topological polar surface area (TPSA) is 66.5 Å². The van der Waals surface area contributed by atoms with Gasteiger partial charge in [-0.1, -0.05) is 0 Å². The van der Waals surface area contributed by atoms with Gasteiger partial charge >= 0.3 is 0 Å². The molecule has 0 bridgehead atoms. The number of rotatable bonds is 3. The predicted molar refractivity (Wildman–Crippen MR) is 67.1 cm³/mol. The first kappa shape index (κ1) is 14.4. The van der Waals surface area contributed by atoms with Crippen LogP contribution in [0.1, 0.15) is 40.0 Å². The lowest BCUT2D eigenvalue weighted by Gasteiger charge is -2.27. The maximum absolute atomic E-state index is 11.7. The van der Waals surface area contributed by atoms with Crippen molar-refractivity contribution in [1.29, 1.82) is 0 Å². The average molecular weight is 262 g/mol. The smallest absolute Gasteiger partial charge is 0.221 e. The Morgan fingerprint density at radius 2 is 1.94 bits per heavy atom. The van der Waals surface area contributed by atoms with Crippen LogP contribution in [-0.2, 0) is 14.8 Å². The zero-order valence-electron chi connectivity index (χ0n) is 10.8. The highest BCUT2D eigenvalue weighted by Crippen LogP contribution is 2.13. The van der Waals surface area contributed by atoms with Gasteiger partial charge in [0.2, 0.25) is 15.9 Å². The van der Waals surface area contributed by atoms with Gasteiger partial charge in [0.15, 0.2) is 0 Å². The lowest BCUT2D eigenvalue weighted by Crippen LogP contribution is -2.44. The van der Waals surface area contributed by atoms with Crippen LogP contribution in [0.2, 0.25) is 0 Å². The maximum Gasteiger partial charge on any atom is 0.221 e. The fourth-order valence-electron chi connectivity index (χ4n) is 1.80. The zero-order valence-corrected chi connectivity index (χ0v) is 11.6. The van der Waals surface area contributed by atoms with Crippen LogP contribution in [0.3, 0.4) is 0 Å². The van der Waals surface area contributed by atoms with Crippen LogP contribution >= 0.6 is 0 Å². The molecular weight excluding hydrogens is 240 g/mol. The summed E-state index contributed by atoms with van der Waals surface area (Å²) >= 11 is 0. The Labute approximate surface area is 104 Å². The molecule has 6 heteroatoms. The summed E-state index contributed by atoms with van der Waals surface area (Å²) in [5.74, 6) is 0.117. The van der Waals surface area contributed by atoms with Crippen molar-refractivity contribution in [1.82, 2.24) is 9.62 Å². The molecule has 0 aromatic carbocycles. The first-order valence-electron chi connectivity index (χ1n) is 5.99. The molecule has 1 N–H and O–H groups in total. The van der Waals surface area contributed by atoms with Gasteiger partial charge in [0, 0.05) is 25.0 Å². The highest BCUT2D eigenvalue weighted by Gasteiger charge is 2.26. The minimum absolute atomic E-state index is 0.0988. The van der Waals surface area contributed by atoms with E-state index in [1.54, 1.807) is 0 Å². The fraction of sp³-hybridized carbons (Fsp3) is 0.909. The number of amides is 1. The van der Waals surface area contributed by atoms with E-state index in [9.17, 15) is 13.2 Å². The second kappa shape index (κ2) is 5.35. The minimum atomic E-state index is -3.11. The van der Waals surface area contributed by atoms with E-state index in [0.717, 1.165) is 12.8 Å². The highest BCUT2D eigenvalue weighted by molar-refractivity contribution is 7.89. The summed E-state index contributed by atoms with van der Waals surface area (Å²) in [5.41, 5.74) is -0.266. The minimum Gasteiger partial charge on any atom is -0.351 e. The van der Waals surface area contributed by atoms with Crippen molar-refractivity contribution in [3.05, 3.63) is 0 Å². The van der Waals surface area contributed by atoms with E-state index in [0.29, 0.717) is 13.1 Å². The molecule has 5 nitrogen and oxygen atoms in total. The Morgan fingerprint density at radius 1 is 1.29 bits per heavy atom. The Morgan fingerprint density at radius 3 is 2.47 bits per heavy atom. The van der Waals surface area contributed by atoms with Crippen molar-refractivity contribution >= 4 is 15.9 Å². The highest BCUT2D eigenvalue weighted by atomic mass is 32.2. The third-order valence-corrected chi connectivity index (χ3v) is 4.51. The molecule has 0 atom stereocenters. The molecule has 17 heavy (non-hydrogen) atoms. The van der Waals surface area contributed by atoms with Gasteiger partial charge in [0.25, 0.3) is 0 Å². The van der Waals surface area contributed by atoms with E-state index in [2.05, 4.69) is 5.32 Å². The molecule has 0 aliphatic carbocycles. The number of nitrogens with zero attached hydrogens (tertiary/aromatic N) is 1. The van der Waals surface area contributed by atoms with Crippen LogP contribution in [0.15, 0.2) is 0 Å². The van der Waals surface area contributed by atoms with Crippen molar-refractivity contribution in [2.24, 2.45) is 0 Å². The molecule has 0 spiro atoms. The Hall–Kier alpha value is -0.620. The van der Waals surface area contributed by atoms with Gasteiger partial charge < -0.3 is 5.32 Å². The molecule has 0 aromatic heterocycles. The zero-order chi connectivity index (χ0) is 13.1. The largest absolute Gasteiger partial charge is 0.351 e. The van der Waals surface area contributed by atoms with Gasteiger partial charge in [-0.05, 0) is 33.6 Å². The van der Waals surface area contributed by atoms with E-state index in [4.69, 9.17) is 0 Å². The Bertz CT molecular complexity index is 371. The number of carbonyl (C=O) groups is 1. The summed E-state index contributed by atoms with van der Waals surface area (Å²) in [6.45, 7) is 6.56. The predicted octanol–water partition coefficient (Wildman–Crippen LogP) is 0.717. The van der Waals surface area contributed by atoms with E-state index < -0.39 is 10.0 Å². The third-order valence-electron chi connectivity index (χ3n) is 2.56. The van der Waals surface area contributed by atoms with E-state index in [-0.39, 0.29) is 23.6 Å². The number of hydrogen-bond donors (Lipinski definition) is 1. The van der Waals surface area contributed by atoms with Crippen LogP contribution < -0.4 is 5.32 Å². The van der Waals surface area contributed by atoms with Gasteiger partial charge in [-0.25, -0.2) is 12.7 Å². The number of nitrogens with one attached hydrogen (secondary N) is 1. The van der Waals surface area contributed by atoms with Crippen LogP contribution in [0.4, 0.5) is 0 Å². The van der Waals surface area contributed by atoms with Crippen molar-refractivity contribution in [3.63, 3.8) is 0 Å². The van der Waals surface area contributed by atoms with Crippen LogP contribution in [-0.4, -0.2) is 43.0 Å². The fourth-order valence-corrected chi connectivity index (χ4v) is 3.40. The molecule has 0 radical (unpaired) electrons. The molecule has 100 valence electrons. The molecule has 0 unspecified atom stereocenters. The maximum atomic E-state index is 11.7.